The molecule has 2 unspecified atom stereocenters. The van der Waals surface area contributed by atoms with E-state index in [1.807, 2.05) is 43.7 Å². The van der Waals surface area contributed by atoms with Crippen LogP contribution in [0.25, 0.3) is 0 Å². The molecular weight excluding hydrogens is 482 g/mol. The highest BCUT2D eigenvalue weighted by Gasteiger charge is 2.27. The molecule has 2 amide bonds. The second kappa shape index (κ2) is 10.4. The van der Waals surface area contributed by atoms with Crippen molar-refractivity contribution in [2.24, 2.45) is 18.7 Å². The lowest BCUT2D eigenvalue weighted by Crippen LogP contribution is -2.20. The van der Waals surface area contributed by atoms with Gasteiger partial charge in [0.05, 0.1) is 11.3 Å². The maximum atomic E-state index is 12.7. The van der Waals surface area contributed by atoms with E-state index in [2.05, 4.69) is 29.4 Å². The number of nitrogens with one attached hydrogen (secondary N) is 1. The summed E-state index contributed by atoms with van der Waals surface area (Å²) in [6.07, 6.45) is 2.44. The number of anilines is 1. The summed E-state index contributed by atoms with van der Waals surface area (Å²) in [5, 5.41) is 12.6. The van der Waals surface area contributed by atoms with Crippen molar-refractivity contribution in [1.82, 2.24) is 14.8 Å². The average Bonchev–Trinajstić information content (AvgIpc) is 3.34. The van der Waals surface area contributed by atoms with Crippen LogP contribution in [0.4, 0.5) is 5.00 Å². The first kappa shape index (κ1) is 25.2. The molecule has 35 heavy (non-hydrogen) atoms. The normalized spacial score (nSPS) is 16.0. The van der Waals surface area contributed by atoms with Gasteiger partial charge in [0.25, 0.3) is 5.91 Å². The Bertz CT molecular complexity index is 1270. The summed E-state index contributed by atoms with van der Waals surface area (Å²) in [6, 6.07) is 5.98. The van der Waals surface area contributed by atoms with Crippen LogP contribution in [-0.4, -0.2) is 32.3 Å². The number of carbonyl (C=O) groups is 2. The molecular formula is C25H31N5O3S2. The van der Waals surface area contributed by atoms with Crippen molar-refractivity contribution in [3.05, 3.63) is 51.2 Å². The quantitative estimate of drug-likeness (QED) is 0.426. The number of benzene rings is 1. The van der Waals surface area contributed by atoms with E-state index in [9.17, 15) is 9.59 Å². The van der Waals surface area contributed by atoms with Crippen LogP contribution < -0.4 is 15.8 Å². The molecule has 4 rings (SSSR count). The summed E-state index contributed by atoms with van der Waals surface area (Å²) >= 11 is 2.75. The maximum Gasteiger partial charge on any atom is 0.251 e. The molecule has 2 aromatic heterocycles. The smallest absolute Gasteiger partial charge is 0.251 e. The third-order valence-corrected chi connectivity index (χ3v) is 8.56. The number of amides is 2. The molecule has 2 atom stereocenters. The van der Waals surface area contributed by atoms with Crippen molar-refractivity contribution in [3.8, 4) is 5.75 Å². The zero-order valence-electron chi connectivity index (χ0n) is 20.7. The molecule has 0 bridgehead atoms. The summed E-state index contributed by atoms with van der Waals surface area (Å²) in [5.74, 6) is 1.43. The second-order valence-corrected chi connectivity index (χ2v) is 11.2. The van der Waals surface area contributed by atoms with Crippen molar-refractivity contribution in [3.63, 3.8) is 0 Å². The highest BCUT2D eigenvalue weighted by molar-refractivity contribution is 7.99. The van der Waals surface area contributed by atoms with Crippen LogP contribution in [0.3, 0.4) is 0 Å². The highest BCUT2D eigenvalue weighted by atomic mass is 32.2. The standard InChI is InChI=1S/C25H31N5O3S2/c1-13-6-9-18-19(10-13)35-24(21(18)22(26)32)27-20(31)12-34-25-29-28-23(30(25)5)16(4)33-17-8-7-14(2)15(3)11-17/h7-8,11,13,16H,6,9-10,12H2,1-5H3,(H2,26,32)(H,27,31). The molecule has 1 aliphatic carbocycles. The Labute approximate surface area is 213 Å². The largest absolute Gasteiger partial charge is 0.483 e. The molecule has 8 nitrogen and oxygen atoms in total. The molecule has 0 aliphatic heterocycles. The number of fused-ring (bicyclic) bond motifs is 1. The number of thioether (sulfide) groups is 1. The van der Waals surface area contributed by atoms with E-state index in [1.54, 1.807) is 0 Å². The van der Waals surface area contributed by atoms with E-state index < -0.39 is 5.91 Å². The van der Waals surface area contributed by atoms with E-state index in [1.165, 1.54) is 28.7 Å². The van der Waals surface area contributed by atoms with E-state index in [4.69, 9.17) is 10.5 Å². The molecule has 186 valence electrons. The molecule has 0 spiro atoms. The van der Waals surface area contributed by atoms with Gasteiger partial charge in [-0.1, -0.05) is 24.8 Å². The van der Waals surface area contributed by atoms with E-state index in [0.29, 0.717) is 27.5 Å². The molecule has 1 aliphatic rings. The topological polar surface area (TPSA) is 112 Å². The fraction of sp³-hybridized carbons (Fsp3) is 0.440. The molecule has 3 N–H and O–H groups in total. The number of nitrogens with two attached hydrogens (primary N) is 1. The van der Waals surface area contributed by atoms with Gasteiger partial charge >= 0.3 is 0 Å². The van der Waals surface area contributed by atoms with Gasteiger partial charge in [0, 0.05) is 11.9 Å². The Hall–Kier alpha value is -2.85. The number of nitrogens with zero attached hydrogens (tertiary/aromatic N) is 3. The third-order valence-electron chi connectivity index (χ3n) is 6.37. The minimum Gasteiger partial charge on any atom is -0.483 e. The van der Waals surface area contributed by atoms with Gasteiger partial charge in [0.1, 0.15) is 10.8 Å². The van der Waals surface area contributed by atoms with Crippen molar-refractivity contribution in [2.75, 3.05) is 11.1 Å². The number of carbonyl (C=O) groups excluding carboxylic acids is 2. The molecule has 0 radical (unpaired) electrons. The fourth-order valence-electron chi connectivity index (χ4n) is 4.24. The minimum absolute atomic E-state index is 0.134. The van der Waals surface area contributed by atoms with Crippen LogP contribution in [0.1, 0.15) is 64.1 Å². The molecule has 0 saturated heterocycles. The van der Waals surface area contributed by atoms with Gasteiger partial charge in [0.2, 0.25) is 5.91 Å². The molecule has 3 aromatic rings. The lowest BCUT2D eigenvalue weighted by atomic mass is 9.88. The first-order chi connectivity index (χ1) is 16.6. The van der Waals surface area contributed by atoms with Crippen molar-refractivity contribution in [1.29, 1.82) is 0 Å². The number of primary amides is 1. The number of aromatic nitrogens is 3. The monoisotopic (exact) mass is 513 g/mol. The number of hydrogen-bond donors (Lipinski definition) is 2. The Kier molecular flexibility index (Phi) is 7.51. The van der Waals surface area contributed by atoms with E-state index in [-0.39, 0.29) is 17.8 Å². The van der Waals surface area contributed by atoms with Crippen molar-refractivity contribution < 1.29 is 14.3 Å². The van der Waals surface area contributed by atoms with Gasteiger partial charge in [0.15, 0.2) is 17.1 Å². The molecule has 2 heterocycles. The number of aryl methyl sites for hydroxylation is 2. The summed E-state index contributed by atoms with van der Waals surface area (Å²) < 4.78 is 7.90. The Morgan fingerprint density at radius 2 is 2.09 bits per heavy atom. The van der Waals surface area contributed by atoms with Crippen LogP contribution in [0, 0.1) is 19.8 Å². The minimum atomic E-state index is -0.490. The summed E-state index contributed by atoms with van der Waals surface area (Å²) in [5.41, 5.74) is 9.50. The van der Waals surface area contributed by atoms with E-state index >= 15 is 0 Å². The van der Waals surface area contributed by atoms with Gasteiger partial charge < -0.3 is 20.4 Å². The Morgan fingerprint density at radius 3 is 2.80 bits per heavy atom. The predicted molar refractivity (Wildman–Crippen MR) is 139 cm³/mol. The van der Waals surface area contributed by atoms with Crippen LogP contribution in [0.5, 0.6) is 5.75 Å². The van der Waals surface area contributed by atoms with Gasteiger partial charge in [-0.05, 0) is 74.8 Å². The predicted octanol–water partition coefficient (Wildman–Crippen LogP) is 4.59. The zero-order valence-corrected chi connectivity index (χ0v) is 22.3. The molecule has 10 heteroatoms. The van der Waals surface area contributed by atoms with Crippen LogP contribution >= 0.6 is 23.1 Å². The zero-order chi connectivity index (χ0) is 25.3. The Morgan fingerprint density at radius 1 is 1.31 bits per heavy atom. The molecule has 1 aromatic carbocycles. The van der Waals surface area contributed by atoms with Gasteiger partial charge in [-0.2, -0.15) is 0 Å². The SMILES string of the molecule is Cc1ccc(OC(C)c2nnc(SCC(=O)Nc3sc4c(c3C(N)=O)CCC(C)C4)n2C)cc1C. The number of rotatable bonds is 8. The van der Waals surface area contributed by atoms with Crippen molar-refractivity contribution in [2.45, 2.75) is 58.2 Å². The fourth-order valence-corrected chi connectivity index (χ4v) is 6.39. The number of thiophene rings is 1. The average molecular weight is 514 g/mol. The summed E-state index contributed by atoms with van der Waals surface area (Å²) in [4.78, 5) is 26.0. The number of ether oxygens (including phenoxy) is 1. The Balaban J connectivity index is 1.39. The highest BCUT2D eigenvalue weighted by Crippen LogP contribution is 2.39. The van der Waals surface area contributed by atoms with Crippen LogP contribution in [0.15, 0.2) is 23.4 Å². The third kappa shape index (κ3) is 5.54. The maximum absolute atomic E-state index is 12.7. The van der Waals surface area contributed by atoms with Gasteiger partial charge in [-0.15, -0.1) is 21.5 Å². The first-order valence-corrected chi connectivity index (χ1v) is 13.4. The summed E-state index contributed by atoms with van der Waals surface area (Å²) in [7, 11) is 1.86. The molecule has 0 saturated carbocycles. The van der Waals surface area contributed by atoms with Gasteiger partial charge in [-0.25, -0.2) is 0 Å². The first-order valence-electron chi connectivity index (χ1n) is 11.6. The van der Waals surface area contributed by atoms with Gasteiger partial charge in [-0.3, -0.25) is 9.59 Å². The van der Waals surface area contributed by atoms with E-state index in [0.717, 1.165) is 41.0 Å². The lowest BCUT2D eigenvalue weighted by molar-refractivity contribution is -0.113. The lowest BCUT2D eigenvalue weighted by Gasteiger charge is -2.18. The van der Waals surface area contributed by atoms with Crippen LogP contribution in [0.2, 0.25) is 0 Å². The van der Waals surface area contributed by atoms with Crippen molar-refractivity contribution >= 4 is 39.9 Å². The van der Waals surface area contributed by atoms with Crippen LogP contribution in [-0.2, 0) is 24.7 Å². The second-order valence-electron chi connectivity index (χ2n) is 9.16. The summed E-state index contributed by atoms with van der Waals surface area (Å²) in [6.45, 7) is 8.23. The molecule has 0 fully saturated rings. The number of hydrogen-bond acceptors (Lipinski definition) is 7.